The van der Waals surface area contributed by atoms with Crippen molar-refractivity contribution in [1.82, 2.24) is 15.1 Å². The van der Waals surface area contributed by atoms with Gasteiger partial charge in [-0.3, -0.25) is 4.79 Å². The topological polar surface area (TPSA) is 98.7 Å². The van der Waals surface area contributed by atoms with E-state index < -0.39 is 5.97 Å². The number of amides is 1. The lowest BCUT2D eigenvalue weighted by Gasteiger charge is -2.15. The van der Waals surface area contributed by atoms with Crippen molar-refractivity contribution >= 4 is 23.2 Å². The van der Waals surface area contributed by atoms with Gasteiger partial charge in [-0.15, -0.1) is 10.2 Å². The van der Waals surface area contributed by atoms with E-state index >= 15 is 0 Å². The van der Waals surface area contributed by atoms with Gasteiger partial charge in [-0.1, -0.05) is 0 Å². The molecule has 0 aliphatic carbocycles. The number of furan rings is 1. The Labute approximate surface area is 159 Å². The number of esters is 1. The maximum Gasteiger partial charge on any atom is 0.341 e. The van der Waals surface area contributed by atoms with Crippen LogP contribution in [0.1, 0.15) is 34.2 Å². The molecule has 142 valence electrons. The molecule has 0 fully saturated rings. The zero-order valence-corrected chi connectivity index (χ0v) is 16.0. The van der Waals surface area contributed by atoms with Gasteiger partial charge in [0, 0.05) is 30.8 Å². The quantitative estimate of drug-likeness (QED) is 0.573. The van der Waals surface area contributed by atoms with Gasteiger partial charge in [0.15, 0.2) is 0 Å². The summed E-state index contributed by atoms with van der Waals surface area (Å²) in [6, 6.07) is 3.49. The third kappa shape index (κ3) is 4.43. The lowest BCUT2D eigenvalue weighted by atomic mass is 10.2. The van der Waals surface area contributed by atoms with Crippen molar-refractivity contribution in [1.29, 1.82) is 0 Å². The molecular weight excluding hydrogens is 370 g/mol. The minimum atomic E-state index is -0.464. The van der Waals surface area contributed by atoms with E-state index in [1.165, 1.54) is 12.0 Å². The zero-order valence-electron chi connectivity index (χ0n) is 15.2. The van der Waals surface area contributed by atoms with E-state index in [-0.39, 0.29) is 18.9 Å². The molecule has 0 unspecified atom stereocenters. The molecule has 27 heavy (non-hydrogen) atoms. The SMILES string of the molecule is COC(=O)c1cc(CN(C)C(=O)CCc2nnc(-c3ccsc3)o2)oc1C. The maximum absolute atomic E-state index is 12.3. The number of hydrogen-bond acceptors (Lipinski definition) is 8. The fourth-order valence-corrected chi connectivity index (χ4v) is 3.15. The zero-order chi connectivity index (χ0) is 19.4. The Bertz CT molecular complexity index is 929. The van der Waals surface area contributed by atoms with Gasteiger partial charge in [0.25, 0.3) is 0 Å². The monoisotopic (exact) mass is 389 g/mol. The number of methoxy groups -OCH3 is 1. The molecule has 0 saturated heterocycles. The Morgan fingerprint density at radius 1 is 1.30 bits per heavy atom. The van der Waals surface area contributed by atoms with Gasteiger partial charge in [-0.25, -0.2) is 4.79 Å². The highest BCUT2D eigenvalue weighted by Gasteiger charge is 2.18. The van der Waals surface area contributed by atoms with Gasteiger partial charge in [0.05, 0.1) is 13.7 Å². The van der Waals surface area contributed by atoms with Gasteiger partial charge in [-0.2, -0.15) is 11.3 Å². The number of nitrogens with zero attached hydrogens (tertiary/aromatic N) is 3. The molecule has 3 aromatic rings. The second-order valence-corrected chi connectivity index (χ2v) is 6.72. The lowest BCUT2D eigenvalue weighted by molar-refractivity contribution is -0.130. The summed E-state index contributed by atoms with van der Waals surface area (Å²) in [5.41, 5.74) is 1.23. The first-order valence-corrected chi connectivity index (χ1v) is 9.18. The summed E-state index contributed by atoms with van der Waals surface area (Å²) in [7, 11) is 2.98. The van der Waals surface area contributed by atoms with Crippen LogP contribution in [-0.4, -0.2) is 41.1 Å². The molecule has 0 N–H and O–H groups in total. The van der Waals surface area contributed by atoms with Crippen LogP contribution in [-0.2, 0) is 22.5 Å². The van der Waals surface area contributed by atoms with Crippen LogP contribution in [0.5, 0.6) is 0 Å². The van der Waals surface area contributed by atoms with E-state index in [4.69, 9.17) is 13.6 Å². The van der Waals surface area contributed by atoms with E-state index in [0.29, 0.717) is 35.3 Å². The van der Waals surface area contributed by atoms with Crippen molar-refractivity contribution in [3.05, 3.63) is 45.9 Å². The molecule has 0 aliphatic rings. The second-order valence-electron chi connectivity index (χ2n) is 5.94. The molecule has 9 heteroatoms. The van der Waals surface area contributed by atoms with Crippen molar-refractivity contribution in [2.45, 2.75) is 26.3 Å². The molecule has 3 heterocycles. The average molecular weight is 389 g/mol. The summed E-state index contributed by atoms with van der Waals surface area (Å²) in [5.74, 6) is 1.28. The van der Waals surface area contributed by atoms with Crippen molar-refractivity contribution in [2.75, 3.05) is 14.2 Å². The Hall–Kier alpha value is -2.94. The first kappa shape index (κ1) is 18.8. The summed E-state index contributed by atoms with van der Waals surface area (Å²) in [6.45, 7) is 1.93. The third-order valence-electron chi connectivity index (χ3n) is 3.98. The van der Waals surface area contributed by atoms with E-state index in [9.17, 15) is 9.59 Å². The maximum atomic E-state index is 12.3. The first-order chi connectivity index (χ1) is 13.0. The van der Waals surface area contributed by atoms with Crippen molar-refractivity contribution in [3.8, 4) is 11.5 Å². The number of aromatic nitrogens is 2. The van der Waals surface area contributed by atoms with E-state index in [1.54, 1.807) is 31.4 Å². The van der Waals surface area contributed by atoms with Crippen molar-refractivity contribution in [3.63, 3.8) is 0 Å². The van der Waals surface area contributed by atoms with E-state index in [0.717, 1.165) is 5.56 Å². The van der Waals surface area contributed by atoms with E-state index in [1.807, 2.05) is 16.8 Å². The number of carbonyl (C=O) groups excluding carboxylic acids is 2. The van der Waals surface area contributed by atoms with Gasteiger partial charge < -0.3 is 18.5 Å². The number of aryl methyl sites for hydroxylation is 2. The van der Waals surface area contributed by atoms with Crippen LogP contribution < -0.4 is 0 Å². The number of hydrogen-bond donors (Lipinski definition) is 0. The molecule has 0 atom stereocenters. The largest absolute Gasteiger partial charge is 0.465 e. The Morgan fingerprint density at radius 3 is 2.81 bits per heavy atom. The molecule has 0 saturated carbocycles. The Balaban J connectivity index is 1.54. The molecule has 3 rings (SSSR count). The van der Waals surface area contributed by atoms with Crippen molar-refractivity contribution < 1.29 is 23.2 Å². The summed E-state index contributed by atoms with van der Waals surface area (Å²) < 4.78 is 15.8. The molecule has 8 nitrogen and oxygen atoms in total. The fourth-order valence-electron chi connectivity index (χ4n) is 2.52. The van der Waals surface area contributed by atoms with Crippen LogP contribution in [0.4, 0.5) is 0 Å². The normalized spacial score (nSPS) is 10.8. The van der Waals surface area contributed by atoms with Gasteiger partial charge >= 0.3 is 5.97 Å². The first-order valence-electron chi connectivity index (χ1n) is 8.24. The van der Waals surface area contributed by atoms with Crippen LogP contribution in [0.15, 0.2) is 31.7 Å². The van der Waals surface area contributed by atoms with E-state index in [2.05, 4.69) is 10.2 Å². The highest BCUT2D eigenvalue weighted by atomic mass is 32.1. The Morgan fingerprint density at radius 2 is 2.11 bits per heavy atom. The summed E-state index contributed by atoms with van der Waals surface area (Å²) in [4.78, 5) is 25.5. The van der Waals surface area contributed by atoms with Crippen LogP contribution >= 0.6 is 11.3 Å². The fraction of sp³-hybridized carbons (Fsp3) is 0.333. The summed E-state index contributed by atoms with van der Waals surface area (Å²) >= 11 is 1.55. The molecule has 3 aromatic heterocycles. The summed E-state index contributed by atoms with van der Waals surface area (Å²) in [5, 5.41) is 11.8. The Kier molecular flexibility index (Phi) is 5.70. The molecule has 0 radical (unpaired) electrons. The molecule has 0 aromatic carbocycles. The second kappa shape index (κ2) is 8.17. The van der Waals surface area contributed by atoms with Gasteiger partial charge in [0.2, 0.25) is 17.7 Å². The highest BCUT2D eigenvalue weighted by molar-refractivity contribution is 7.08. The predicted octanol–water partition coefficient (Wildman–Crippen LogP) is 3.08. The van der Waals surface area contributed by atoms with Crippen molar-refractivity contribution in [2.24, 2.45) is 0 Å². The minimum absolute atomic E-state index is 0.0982. The molecule has 0 spiro atoms. The number of thiophene rings is 1. The average Bonchev–Trinajstić information content (AvgIpc) is 3.39. The number of carbonyl (C=O) groups is 2. The van der Waals surface area contributed by atoms with Crippen LogP contribution in [0.25, 0.3) is 11.5 Å². The van der Waals surface area contributed by atoms with Crippen LogP contribution in [0.2, 0.25) is 0 Å². The van der Waals surface area contributed by atoms with Crippen LogP contribution in [0.3, 0.4) is 0 Å². The third-order valence-corrected chi connectivity index (χ3v) is 4.66. The van der Waals surface area contributed by atoms with Gasteiger partial charge in [0.1, 0.15) is 17.1 Å². The summed E-state index contributed by atoms with van der Waals surface area (Å²) in [6.07, 6.45) is 0.580. The predicted molar refractivity (Wildman–Crippen MR) is 97.2 cm³/mol. The molecular formula is C18H19N3O5S. The van der Waals surface area contributed by atoms with Crippen LogP contribution in [0, 0.1) is 6.92 Å². The number of rotatable bonds is 7. The minimum Gasteiger partial charge on any atom is -0.465 e. The number of ether oxygens (including phenoxy) is 1. The smallest absolute Gasteiger partial charge is 0.341 e. The van der Waals surface area contributed by atoms with Gasteiger partial charge in [-0.05, 0) is 24.4 Å². The lowest BCUT2D eigenvalue weighted by Crippen LogP contribution is -2.26. The molecule has 1 amide bonds. The molecule has 0 aliphatic heterocycles. The molecule has 0 bridgehead atoms. The standard InChI is InChI=1S/C18H19N3O5S/c1-11-14(18(23)24-3)8-13(25-11)9-21(2)16(22)5-4-15-19-20-17(26-15)12-6-7-27-10-12/h6-8,10H,4-5,9H2,1-3H3. The highest BCUT2D eigenvalue weighted by Crippen LogP contribution is 2.21.